The Morgan fingerprint density at radius 1 is 1.35 bits per heavy atom. The fraction of sp³-hybridized carbons (Fsp3) is 0.333. The zero-order valence-electron chi connectivity index (χ0n) is 9.32. The van der Waals surface area contributed by atoms with Gasteiger partial charge in [0.1, 0.15) is 6.54 Å². The van der Waals surface area contributed by atoms with Crippen LogP contribution in [-0.4, -0.2) is 41.5 Å². The van der Waals surface area contributed by atoms with E-state index in [0.29, 0.717) is 17.1 Å². The molecule has 17 heavy (non-hydrogen) atoms. The third-order valence-electron chi connectivity index (χ3n) is 2.16. The molecule has 1 N–H and O–H groups in total. The van der Waals surface area contributed by atoms with Crippen molar-refractivity contribution in [1.82, 2.24) is 30.4 Å². The lowest BCUT2D eigenvalue weighted by Gasteiger charge is -2.04. The van der Waals surface area contributed by atoms with Crippen LogP contribution >= 0.6 is 0 Å². The molecule has 0 radical (unpaired) electrons. The van der Waals surface area contributed by atoms with Crippen LogP contribution in [-0.2, 0) is 11.3 Å². The van der Waals surface area contributed by atoms with Gasteiger partial charge in [-0.15, -0.1) is 5.10 Å². The summed E-state index contributed by atoms with van der Waals surface area (Å²) in [5.41, 5.74) is 2.05. The molecule has 0 atom stereocenters. The number of nitrogens with zero attached hydrogens (tertiary/aromatic N) is 6. The first-order chi connectivity index (χ1) is 8.08. The number of aliphatic carboxylic acids is 1. The standard InChI is InChI=1S/C9H10N6O2/c1-5-3-7(6(2)11-10-5)9-12-13-14-15(9)4-8(16)17/h3H,4H2,1-2H3,(H,16,17). The van der Waals surface area contributed by atoms with Crippen LogP contribution in [0.2, 0.25) is 0 Å². The Balaban J connectivity index is 2.49. The molecule has 8 heteroatoms. The number of hydrogen-bond donors (Lipinski definition) is 1. The maximum Gasteiger partial charge on any atom is 0.325 e. The summed E-state index contributed by atoms with van der Waals surface area (Å²) in [6.07, 6.45) is 0. The predicted octanol–water partition coefficient (Wildman–Crippen LogP) is -0.168. The average Bonchev–Trinajstić information content (AvgIpc) is 2.69. The minimum atomic E-state index is -1.00. The maximum absolute atomic E-state index is 10.7. The predicted molar refractivity (Wildman–Crippen MR) is 56.0 cm³/mol. The van der Waals surface area contributed by atoms with Crippen LogP contribution in [0.3, 0.4) is 0 Å². The van der Waals surface area contributed by atoms with Gasteiger partial charge in [-0.1, -0.05) is 0 Å². The van der Waals surface area contributed by atoms with Crippen molar-refractivity contribution in [3.8, 4) is 11.4 Å². The van der Waals surface area contributed by atoms with Crippen molar-refractivity contribution in [1.29, 1.82) is 0 Å². The summed E-state index contributed by atoms with van der Waals surface area (Å²) >= 11 is 0. The summed E-state index contributed by atoms with van der Waals surface area (Å²) in [4.78, 5) is 10.7. The van der Waals surface area contributed by atoms with Gasteiger partial charge >= 0.3 is 5.97 Å². The normalized spacial score (nSPS) is 10.5. The lowest BCUT2D eigenvalue weighted by atomic mass is 10.2. The molecule has 0 amide bonds. The molecule has 2 heterocycles. The van der Waals surface area contributed by atoms with Gasteiger partial charge in [-0.25, -0.2) is 4.68 Å². The SMILES string of the molecule is Cc1cc(-c2nnnn2CC(=O)O)c(C)nn1. The third-order valence-corrected chi connectivity index (χ3v) is 2.16. The van der Waals surface area contributed by atoms with Crippen LogP contribution in [0, 0.1) is 13.8 Å². The number of aromatic nitrogens is 6. The molecule has 0 aliphatic heterocycles. The minimum Gasteiger partial charge on any atom is -0.480 e. The highest BCUT2D eigenvalue weighted by atomic mass is 16.4. The van der Waals surface area contributed by atoms with Crippen molar-refractivity contribution >= 4 is 5.97 Å². The number of tetrazole rings is 1. The van der Waals surface area contributed by atoms with Gasteiger partial charge in [-0.05, 0) is 30.3 Å². The molecular formula is C9H10N6O2. The number of hydrogen-bond acceptors (Lipinski definition) is 6. The highest BCUT2D eigenvalue weighted by Crippen LogP contribution is 2.18. The zero-order valence-corrected chi connectivity index (χ0v) is 9.32. The van der Waals surface area contributed by atoms with E-state index in [9.17, 15) is 4.79 Å². The molecule has 0 saturated heterocycles. The van der Waals surface area contributed by atoms with E-state index in [2.05, 4.69) is 25.7 Å². The van der Waals surface area contributed by atoms with E-state index < -0.39 is 5.97 Å². The van der Waals surface area contributed by atoms with Gasteiger partial charge in [0.05, 0.1) is 11.4 Å². The number of aryl methyl sites for hydroxylation is 2. The first-order valence-electron chi connectivity index (χ1n) is 4.87. The number of rotatable bonds is 3. The summed E-state index contributed by atoms with van der Waals surface area (Å²) in [6.45, 7) is 3.27. The molecule has 8 nitrogen and oxygen atoms in total. The summed E-state index contributed by atoms with van der Waals surface area (Å²) in [5, 5.41) is 27.5. The van der Waals surface area contributed by atoms with E-state index in [0.717, 1.165) is 5.69 Å². The third kappa shape index (κ3) is 2.25. The van der Waals surface area contributed by atoms with Crippen LogP contribution in [0.1, 0.15) is 11.4 Å². The molecule has 2 rings (SSSR count). The smallest absolute Gasteiger partial charge is 0.325 e. The van der Waals surface area contributed by atoms with Crippen molar-refractivity contribution in [2.45, 2.75) is 20.4 Å². The molecule has 2 aromatic rings. The molecule has 0 saturated carbocycles. The first kappa shape index (κ1) is 11.1. The van der Waals surface area contributed by atoms with Crippen molar-refractivity contribution in [3.05, 3.63) is 17.5 Å². The lowest BCUT2D eigenvalue weighted by molar-refractivity contribution is -0.137. The fourth-order valence-corrected chi connectivity index (χ4v) is 1.41. The van der Waals surface area contributed by atoms with Crippen LogP contribution < -0.4 is 0 Å². The quantitative estimate of drug-likeness (QED) is 0.785. The molecule has 2 aromatic heterocycles. The Morgan fingerprint density at radius 3 is 2.82 bits per heavy atom. The van der Waals surface area contributed by atoms with Crippen LogP contribution in [0.25, 0.3) is 11.4 Å². The van der Waals surface area contributed by atoms with Crippen molar-refractivity contribution < 1.29 is 9.90 Å². The summed E-state index contributed by atoms with van der Waals surface area (Å²) in [7, 11) is 0. The Hall–Kier alpha value is -2.38. The largest absolute Gasteiger partial charge is 0.480 e. The minimum absolute atomic E-state index is 0.289. The highest BCUT2D eigenvalue weighted by Gasteiger charge is 2.14. The van der Waals surface area contributed by atoms with Crippen LogP contribution in [0.15, 0.2) is 6.07 Å². The molecule has 0 bridgehead atoms. The molecular weight excluding hydrogens is 224 g/mol. The second-order valence-electron chi connectivity index (χ2n) is 3.54. The van der Waals surface area contributed by atoms with Crippen molar-refractivity contribution in [2.75, 3.05) is 0 Å². The Morgan fingerprint density at radius 2 is 2.12 bits per heavy atom. The number of carbonyl (C=O) groups is 1. The maximum atomic E-state index is 10.7. The van der Waals surface area contributed by atoms with Gasteiger partial charge in [0.2, 0.25) is 0 Å². The Labute approximate surface area is 96.3 Å². The van der Waals surface area contributed by atoms with Gasteiger partial charge in [0.25, 0.3) is 0 Å². The van der Waals surface area contributed by atoms with E-state index >= 15 is 0 Å². The van der Waals surface area contributed by atoms with Gasteiger partial charge in [0.15, 0.2) is 5.82 Å². The van der Waals surface area contributed by atoms with E-state index in [1.165, 1.54) is 4.68 Å². The molecule has 0 aliphatic carbocycles. The first-order valence-corrected chi connectivity index (χ1v) is 4.87. The van der Waals surface area contributed by atoms with Gasteiger partial charge in [-0.2, -0.15) is 10.2 Å². The Bertz CT molecular complexity index is 564. The molecule has 88 valence electrons. The van der Waals surface area contributed by atoms with Gasteiger partial charge in [-0.3, -0.25) is 4.79 Å². The summed E-state index contributed by atoms with van der Waals surface area (Å²) in [6, 6.07) is 1.77. The van der Waals surface area contributed by atoms with E-state index in [1.807, 2.05) is 0 Å². The lowest BCUT2D eigenvalue weighted by Crippen LogP contribution is -2.12. The molecule has 0 aromatic carbocycles. The van der Waals surface area contributed by atoms with E-state index in [1.54, 1.807) is 19.9 Å². The van der Waals surface area contributed by atoms with E-state index in [-0.39, 0.29) is 6.54 Å². The second kappa shape index (κ2) is 4.24. The molecule has 0 fully saturated rings. The number of carboxylic acid groups (broad SMARTS) is 1. The van der Waals surface area contributed by atoms with Crippen LogP contribution in [0.5, 0.6) is 0 Å². The molecule has 0 spiro atoms. The fourth-order valence-electron chi connectivity index (χ4n) is 1.41. The van der Waals surface area contributed by atoms with Crippen LogP contribution in [0.4, 0.5) is 0 Å². The van der Waals surface area contributed by atoms with E-state index in [4.69, 9.17) is 5.11 Å². The zero-order chi connectivity index (χ0) is 12.4. The Kier molecular flexibility index (Phi) is 2.77. The molecule has 0 unspecified atom stereocenters. The topological polar surface area (TPSA) is 107 Å². The summed E-state index contributed by atoms with van der Waals surface area (Å²) in [5.74, 6) is -0.627. The second-order valence-corrected chi connectivity index (χ2v) is 3.54. The van der Waals surface area contributed by atoms with Crippen molar-refractivity contribution in [3.63, 3.8) is 0 Å². The highest BCUT2D eigenvalue weighted by molar-refractivity contribution is 5.68. The van der Waals surface area contributed by atoms with Gasteiger partial charge in [0, 0.05) is 5.56 Å². The number of carboxylic acids is 1. The average molecular weight is 234 g/mol. The van der Waals surface area contributed by atoms with Crippen molar-refractivity contribution in [2.24, 2.45) is 0 Å². The monoisotopic (exact) mass is 234 g/mol. The van der Waals surface area contributed by atoms with Gasteiger partial charge < -0.3 is 5.11 Å². The molecule has 0 aliphatic rings. The summed E-state index contributed by atoms with van der Waals surface area (Å²) < 4.78 is 1.21.